The summed E-state index contributed by atoms with van der Waals surface area (Å²) in [5.74, 6) is 0.382. The van der Waals surface area contributed by atoms with Gasteiger partial charge in [-0.05, 0) is 56.5 Å². The minimum atomic E-state index is -4.39. The predicted octanol–water partition coefficient (Wildman–Crippen LogP) is 7.57. The van der Waals surface area contributed by atoms with E-state index in [1.165, 1.54) is 23.5 Å². The second kappa shape index (κ2) is 10.7. The number of ketones is 1. The molecule has 0 atom stereocenters. The van der Waals surface area contributed by atoms with E-state index < -0.39 is 17.3 Å². The Balaban J connectivity index is 1.75. The number of nitrogens with zero attached hydrogens (tertiary/aromatic N) is 1. The molecule has 0 spiro atoms. The predicted molar refractivity (Wildman–Crippen MR) is 133 cm³/mol. The number of Topliss-reactive ketones (excluding diaryl/α,β-unsaturated/α-hetero) is 1. The molecule has 188 valence electrons. The summed E-state index contributed by atoms with van der Waals surface area (Å²) in [4.78, 5) is 18.4. The van der Waals surface area contributed by atoms with E-state index >= 15 is 0 Å². The SMILES string of the molecule is CC(C)c1nc(-c2ccc(C(F)(F)F)cc2)sc1CCC(=O)c1ccc(OC(C)(C)CO)c(Cl)c1. The Bertz CT molecular complexity index is 1190. The first-order valence-electron chi connectivity index (χ1n) is 11.1. The molecule has 2 aromatic carbocycles. The molecule has 1 N–H and O–H groups in total. The van der Waals surface area contributed by atoms with Gasteiger partial charge in [-0.1, -0.05) is 37.6 Å². The van der Waals surface area contributed by atoms with Crippen LogP contribution in [-0.2, 0) is 12.6 Å². The number of rotatable bonds is 9. The minimum Gasteiger partial charge on any atom is -0.484 e. The Morgan fingerprint density at radius 3 is 2.34 bits per heavy atom. The minimum absolute atomic E-state index is 0.0975. The molecule has 0 saturated heterocycles. The smallest absolute Gasteiger partial charge is 0.416 e. The quantitative estimate of drug-likeness (QED) is 0.293. The molecular weight excluding hydrogens is 499 g/mol. The first kappa shape index (κ1) is 27.2. The Labute approximate surface area is 211 Å². The van der Waals surface area contributed by atoms with Gasteiger partial charge < -0.3 is 9.84 Å². The highest BCUT2D eigenvalue weighted by Crippen LogP contribution is 2.35. The third kappa shape index (κ3) is 6.84. The molecule has 1 heterocycles. The van der Waals surface area contributed by atoms with Crippen molar-refractivity contribution in [2.75, 3.05) is 6.61 Å². The van der Waals surface area contributed by atoms with Gasteiger partial charge in [0, 0.05) is 22.4 Å². The molecule has 0 amide bonds. The number of aryl methyl sites for hydroxylation is 1. The molecule has 4 nitrogen and oxygen atoms in total. The van der Waals surface area contributed by atoms with E-state index in [0.29, 0.717) is 28.3 Å². The van der Waals surface area contributed by atoms with Gasteiger partial charge in [-0.25, -0.2) is 4.98 Å². The van der Waals surface area contributed by atoms with Crippen LogP contribution in [0.15, 0.2) is 42.5 Å². The molecule has 0 aliphatic rings. The third-order valence-corrected chi connectivity index (χ3v) is 6.81. The molecule has 0 radical (unpaired) electrons. The van der Waals surface area contributed by atoms with Gasteiger partial charge in [0.25, 0.3) is 0 Å². The number of thiazole rings is 1. The fraction of sp³-hybridized carbons (Fsp3) is 0.385. The van der Waals surface area contributed by atoms with Crippen LogP contribution < -0.4 is 4.74 Å². The number of ether oxygens (including phenoxy) is 1. The number of alkyl halides is 3. The van der Waals surface area contributed by atoms with Crippen molar-refractivity contribution in [2.45, 2.75) is 58.2 Å². The van der Waals surface area contributed by atoms with Gasteiger partial charge in [0.15, 0.2) is 5.78 Å². The van der Waals surface area contributed by atoms with E-state index in [9.17, 15) is 23.1 Å². The second-order valence-corrected chi connectivity index (χ2v) is 10.6. The summed E-state index contributed by atoms with van der Waals surface area (Å²) in [6.45, 7) is 7.24. The Kier molecular flexibility index (Phi) is 8.29. The molecule has 0 saturated carbocycles. The normalized spacial score (nSPS) is 12.3. The third-order valence-electron chi connectivity index (χ3n) is 5.33. The Hall–Kier alpha value is -2.42. The van der Waals surface area contributed by atoms with Gasteiger partial charge in [-0.2, -0.15) is 13.2 Å². The van der Waals surface area contributed by atoms with Gasteiger partial charge in [-0.3, -0.25) is 4.79 Å². The zero-order valence-corrected chi connectivity index (χ0v) is 21.4. The summed E-state index contributed by atoms with van der Waals surface area (Å²) in [6, 6.07) is 9.75. The molecule has 0 aliphatic heterocycles. The first-order chi connectivity index (χ1) is 16.3. The average molecular weight is 526 g/mol. The van der Waals surface area contributed by atoms with Gasteiger partial charge in [-0.15, -0.1) is 11.3 Å². The van der Waals surface area contributed by atoms with Crippen LogP contribution in [0.1, 0.15) is 66.5 Å². The van der Waals surface area contributed by atoms with E-state index in [2.05, 4.69) is 4.98 Å². The second-order valence-electron chi connectivity index (χ2n) is 9.15. The number of hydrogen-bond acceptors (Lipinski definition) is 5. The molecule has 3 aromatic rings. The summed E-state index contributed by atoms with van der Waals surface area (Å²) < 4.78 is 44.3. The molecule has 0 fully saturated rings. The Morgan fingerprint density at radius 2 is 1.80 bits per heavy atom. The Morgan fingerprint density at radius 1 is 1.14 bits per heavy atom. The van der Waals surface area contributed by atoms with Crippen molar-refractivity contribution < 1.29 is 27.8 Å². The largest absolute Gasteiger partial charge is 0.484 e. The summed E-state index contributed by atoms with van der Waals surface area (Å²) in [6.07, 6.45) is -3.70. The highest BCUT2D eigenvalue weighted by molar-refractivity contribution is 7.15. The lowest BCUT2D eigenvalue weighted by Gasteiger charge is -2.24. The van der Waals surface area contributed by atoms with Crippen molar-refractivity contribution >= 4 is 28.7 Å². The lowest BCUT2D eigenvalue weighted by atomic mass is 10.0. The van der Waals surface area contributed by atoms with E-state index in [4.69, 9.17) is 16.3 Å². The maximum absolute atomic E-state index is 12.9. The fourth-order valence-electron chi connectivity index (χ4n) is 3.38. The molecule has 0 aliphatic carbocycles. The van der Waals surface area contributed by atoms with E-state index in [1.54, 1.807) is 32.0 Å². The molecule has 0 unspecified atom stereocenters. The van der Waals surface area contributed by atoms with Gasteiger partial charge >= 0.3 is 6.18 Å². The van der Waals surface area contributed by atoms with Crippen LogP contribution >= 0.6 is 22.9 Å². The van der Waals surface area contributed by atoms with E-state index in [0.717, 1.165) is 22.7 Å². The highest BCUT2D eigenvalue weighted by Gasteiger charge is 2.30. The number of aliphatic hydroxyl groups excluding tert-OH is 1. The van der Waals surface area contributed by atoms with Crippen molar-refractivity contribution in [3.63, 3.8) is 0 Å². The van der Waals surface area contributed by atoms with Crippen molar-refractivity contribution in [3.05, 3.63) is 69.2 Å². The molecule has 1 aromatic heterocycles. The van der Waals surface area contributed by atoms with Crippen LogP contribution in [0.5, 0.6) is 5.75 Å². The van der Waals surface area contributed by atoms with Crippen molar-refractivity contribution in [2.24, 2.45) is 0 Å². The van der Waals surface area contributed by atoms with Crippen LogP contribution in [0, 0.1) is 0 Å². The number of carbonyl (C=O) groups is 1. The lowest BCUT2D eigenvalue weighted by Crippen LogP contribution is -2.32. The van der Waals surface area contributed by atoms with Crippen molar-refractivity contribution in [1.82, 2.24) is 4.98 Å². The first-order valence-corrected chi connectivity index (χ1v) is 12.3. The van der Waals surface area contributed by atoms with Crippen molar-refractivity contribution in [3.8, 4) is 16.3 Å². The molecule has 35 heavy (non-hydrogen) atoms. The fourth-order valence-corrected chi connectivity index (χ4v) is 4.82. The summed E-state index contributed by atoms with van der Waals surface area (Å²) in [7, 11) is 0. The maximum Gasteiger partial charge on any atom is 0.416 e. The molecular formula is C26H27ClF3NO3S. The topological polar surface area (TPSA) is 59.4 Å². The van der Waals surface area contributed by atoms with Gasteiger partial charge in [0.1, 0.15) is 16.4 Å². The zero-order valence-electron chi connectivity index (χ0n) is 19.9. The van der Waals surface area contributed by atoms with Crippen LogP contribution in [0.4, 0.5) is 13.2 Å². The summed E-state index contributed by atoms with van der Waals surface area (Å²) in [5, 5.41) is 10.3. The van der Waals surface area contributed by atoms with Crippen LogP contribution in [0.3, 0.4) is 0 Å². The number of halogens is 4. The maximum atomic E-state index is 12.9. The lowest BCUT2D eigenvalue weighted by molar-refractivity contribution is -0.137. The van der Waals surface area contributed by atoms with E-state index in [-0.39, 0.29) is 29.8 Å². The van der Waals surface area contributed by atoms with Crippen LogP contribution in [0.25, 0.3) is 10.6 Å². The average Bonchev–Trinajstić information content (AvgIpc) is 3.23. The van der Waals surface area contributed by atoms with Crippen LogP contribution in [-0.4, -0.2) is 28.1 Å². The number of aliphatic hydroxyl groups is 1. The zero-order chi connectivity index (χ0) is 26.0. The number of aromatic nitrogens is 1. The van der Waals surface area contributed by atoms with Crippen molar-refractivity contribution in [1.29, 1.82) is 0 Å². The van der Waals surface area contributed by atoms with Gasteiger partial charge in [0.2, 0.25) is 0 Å². The summed E-state index contributed by atoms with van der Waals surface area (Å²) in [5.41, 5.74) is 0.381. The summed E-state index contributed by atoms with van der Waals surface area (Å²) >= 11 is 7.69. The number of hydrogen-bond donors (Lipinski definition) is 1. The number of benzene rings is 2. The molecule has 3 rings (SSSR count). The molecule has 9 heteroatoms. The van der Waals surface area contributed by atoms with Gasteiger partial charge in [0.05, 0.1) is 22.9 Å². The van der Waals surface area contributed by atoms with E-state index in [1.807, 2.05) is 13.8 Å². The standard InChI is InChI=1S/C26H27ClF3NO3S/c1-15(2)23-22(35-24(31-23)16-5-8-18(9-6-16)26(28,29)30)12-10-20(33)17-7-11-21(19(27)13-17)34-25(3,4)14-32/h5-9,11,13,15,32H,10,12,14H2,1-4H3. The van der Waals surface area contributed by atoms with Crippen LogP contribution in [0.2, 0.25) is 5.02 Å². The highest BCUT2D eigenvalue weighted by atomic mass is 35.5. The number of carbonyl (C=O) groups excluding carboxylic acids is 1. The molecule has 0 bridgehead atoms. The monoisotopic (exact) mass is 525 g/mol.